The second kappa shape index (κ2) is 9.94. The Morgan fingerprint density at radius 3 is 2.58 bits per heavy atom. The lowest BCUT2D eigenvalue weighted by molar-refractivity contribution is -0.136. The minimum atomic E-state index is -0.416. The van der Waals surface area contributed by atoms with Gasteiger partial charge in [0.15, 0.2) is 0 Å². The van der Waals surface area contributed by atoms with E-state index in [4.69, 9.17) is 13.9 Å². The first-order valence-corrected chi connectivity index (χ1v) is 11.3. The summed E-state index contributed by atoms with van der Waals surface area (Å²) in [6.07, 6.45) is 8.31. The molecule has 8 heteroatoms. The molecule has 0 bridgehead atoms. The number of hydrogen-bond donors (Lipinski definition) is 0. The van der Waals surface area contributed by atoms with Crippen LogP contribution < -0.4 is 9.80 Å². The zero-order valence-electron chi connectivity index (χ0n) is 19.2. The van der Waals surface area contributed by atoms with Crippen LogP contribution in [0.3, 0.4) is 0 Å². The molecule has 1 atom stereocenters. The maximum Gasteiger partial charge on any atom is 0.337 e. The number of guanidine groups is 1. The van der Waals surface area contributed by atoms with E-state index < -0.39 is 11.9 Å². The van der Waals surface area contributed by atoms with E-state index in [1.165, 1.54) is 14.2 Å². The van der Waals surface area contributed by atoms with E-state index in [-0.39, 0.29) is 6.04 Å². The van der Waals surface area contributed by atoms with E-state index in [1.54, 1.807) is 24.6 Å². The lowest BCUT2D eigenvalue weighted by Crippen LogP contribution is -2.48. The topological polar surface area (TPSA) is 84.6 Å². The molecule has 1 aromatic carbocycles. The van der Waals surface area contributed by atoms with E-state index in [1.807, 2.05) is 28.0 Å². The van der Waals surface area contributed by atoms with Crippen molar-refractivity contribution in [1.82, 2.24) is 0 Å². The molecule has 0 saturated heterocycles. The Balaban J connectivity index is 1.78. The Kier molecular flexibility index (Phi) is 6.82. The largest absolute Gasteiger partial charge is 0.467 e. The molecule has 2 aromatic rings. The molecule has 0 saturated carbocycles. The molecule has 0 spiro atoms. The van der Waals surface area contributed by atoms with Gasteiger partial charge in [0.2, 0.25) is 5.96 Å². The minimum Gasteiger partial charge on any atom is -0.467 e. The van der Waals surface area contributed by atoms with Gasteiger partial charge < -0.3 is 23.7 Å². The van der Waals surface area contributed by atoms with Crippen molar-refractivity contribution in [1.29, 1.82) is 0 Å². The zero-order chi connectivity index (χ0) is 23.4. The van der Waals surface area contributed by atoms with Crippen molar-refractivity contribution in [2.45, 2.75) is 51.6 Å². The first-order chi connectivity index (χ1) is 16.1. The van der Waals surface area contributed by atoms with Crippen LogP contribution >= 0.6 is 0 Å². The van der Waals surface area contributed by atoms with Gasteiger partial charge in [-0.15, -0.1) is 0 Å². The molecule has 0 N–H and O–H groups in total. The van der Waals surface area contributed by atoms with Crippen LogP contribution in [0.2, 0.25) is 0 Å². The van der Waals surface area contributed by atoms with Crippen molar-refractivity contribution in [3.05, 3.63) is 59.7 Å². The third-order valence-electron chi connectivity index (χ3n) is 6.04. The lowest BCUT2D eigenvalue weighted by atomic mass is 9.97. The fourth-order valence-corrected chi connectivity index (χ4v) is 4.40. The quantitative estimate of drug-likeness (QED) is 0.405. The SMILES string of the molecule is CCCCCCC1C(C(=O)OC)=CN=C2N(Cc3ccco3)c3ccc(C(=O)OC)cc3N21. The number of hydrogen-bond acceptors (Lipinski definition) is 8. The predicted octanol–water partition coefficient (Wildman–Crippen LogP) is 4.66. The third kappa shape index (κ3) is 4.37. The number of nitrogens with zero attached hydrogens (tertiary/aromatic N) is 3. The van der Waals surface area contributed by atoms with Gasteiger partial charge >= 0.3 is 11.9 Å². The maximum atomic E-state index is 12.6. The van der Waals surface area contributed by atoms with E-state index >= 15 is 0 Å². The molecular formula is C25H29N3O5. The molecule has 33 heavy (non-hydrogen) atoms. The summed E-state index contributed by atoms with van der Waals surface area (Å²) in [4.78, 5) is 33.6. The number of carbonyl (C=O) groups excluding carboxylic acids is 2. The molecule has 4 rings (SSSR count). The Labute approximate surface area is 193 Å². The molecule has 1 aromatic heterocycles. The summed E-state index contributed by atoms with van der Waals surface area (Å²) >= 11 is 0. The first kappa shape index (κ1) is 22.6. The van der Waals surface area contributed by atoms with Crippen molar-refractivity contribution in [2.75, 3.05) is 24.0 Å². The average molecular weight is 452 g/mol. The van der Waals surface area contributed by atoms with Gasteiger partial charge in [-0.05, 0) is 36.8 Å². The van der Waals surface area contributed by atoms with Crippen LogP contribution in [0.1, 0.15) is 55.1 Å². The van der Waals surface area contributed by atoms with Crippen molar-refractivity contribution in [3.63, 3.8) is 0 Å². The van der Waals surface area contributed by atoms with Gasteiger partial charge in [0, 0.05) is 6.20 Å². The number of rotatable bonds is 9. The summed E-state index contributed by atoms with van der Waals surface area (Å²) in [5.74, 6) is 0.663. The summed E-state index contributed by atoms with van der Waals surface area (Å²) in [6.45, 7) is 2.64. The monoisotopic (exact) mass is 451 g/mol. The molecule has 0 fully saturated rings. The van der Waals surface area contributed by atoms with Crippen LogP contribution in [0.25, 0.3) is 0 Å². The highest BCUT2D eigenvalue weighted by atomic mass is 16.5. The minimum absolute atomic E-state index is 0.255. The summed E-state index contributed by atoms with van der Waals surface area (Å²) in [6, 6.07) is 8.93. The number of anilines is 2. The highest BCUT2D eigenvalue weighted by Gasteiger charge is 2.42. The Morgan fingerprint density at radius 1 is 1.06 bits per heavy atom. The molecule has 2 aliphatic heterocycles. The van der Waals surface area contributed by atoms with E-state index in [2.05, 4.69) is 11.9 Å². The number of esters is 2. The average Bonchev–Trinajstić information content (AvgIpc) is 3.47. The molecular weight excluding hydrogens is 422 g/mol. The molecule has 2 aliphatic rings. The predicted molar refractivity (Wildman–Crippen MR) is 125 cm³/mol. The van der Waals surface area contributed by atoms with Crippen LogP contribution in [0.5, 0.6) is 0 Å². The van der Waals surface area contributed by atoms with Gasteiger partial charge in [-0.2, -0.15) is 0 Å². The van der Waals surface area contributed by atoms with Crippen LogP contribution in [-0.4, -0.2) is 38.2 Å². The van der Waals surface area contributed by atoms with Crippen molar-refractivity contribution < 1.29 is 23.5 Å². The fraction of sp³-hybridized carbons (Fsp3) is 0.400. The Hall–Kier alpha value is -3.55. The Morgan fingerprint density at radius 2 is 1.88 bits per heavy atom. The van der Waals surface area contributed by atoms with Gasteiger partial charge in [0.25, 0.3) is 0 Å². The van der Waals surface area contributed by atoms with E-state index in [0.717, 1.165) is 49.2 Å². The van der Waals surface area contributed by atoms with Crippen molar-refractivity contribution >= 4 is 29.3 Å². The normalized spacial score (nSPS) is 16.6. The number of aliphatic imine (C=N–C) groups is 1. The molecule has 1 unspecified atom stereocenters. The van der Waals surface area contributed by atoms with Crippen LogP contribution in [0.4, 0.5) is 11.4 Å². The highest BCUT2D eigenvalue weighted by molar-refractivity contribution is 6.19. The van der Waals surface area contributed by atoms with E-state index in [9.17, 15) is 9.59 Å². The summed E-state index contributed by atoms with van der Waals surface area (Å²) in [5, 5.41) is 0. The van der Waals surface area contributed by atoms with Gasteiger partial charge in [-0.1, -0.05) is 32.6 Å². The molecule has 0 radical (unpaired) electrons. The number of carbonyl (C=O) groups is 2. The number of unbranched alkanes of at least 4 members (excludes halogenated alkanes) is 3. The molecule has 8 nitrogen and oxygen atoms in total. The second-order valence-corrected chi connectivity index (χ2v) is 8.10. The molecule has 0 amide bonds. The van der Waals surface area contributed by atoms with Crippen LogP contribution in [0.15, 0.2) is 57.8 Å². The standard InChI is InChI=1S/C25H29N3O5/c1-4-5-6-7-10-20-19(24(30)32-3)15-26-25-27(16-18-9-8-13-33-18)21-12-11-17(23(29)31-2)14-22(21)28(20)25/h8-9,11-15,20H,4-7,10,16H2,1-3H3. The Bertz CT molecular complexity index is 1070. The van der Waals surface area contributed by atoms with E-state index in [0.29, 0.717) is 23.6 Å². The number of fused-ring (bicyclic) bond motifs is 3. The molecule has 3 heterocycles. The number of methoxy groups -OCH3 is 2. The van der Waals surface area contributed by atoms with Crippen molar-refractivity contribution in [3.8, 4) is 0 Å². The highest BCUT2D eigenvalue weighted by Crippen LogP contribution is 2.44. The smallest absolute Gasteiger partial charge is 0.337 e. The third-order valence-corrected chi connectivity index (χ3v) is 6.04. The first-order valence-electron chi connectivity index (χ1n) is 11.3. The lowest BCUT2D eigenvalue weighted by Gasteiger charge is -2.34. The van der Waals surface area contributed by atoms with Crippen LogP contribution in [-0.2, 0) is 20.8 Å². The van der Waals surface area contributed by atoms with Gasteiger partial charge in [0.05, 0.1) is 55.6 Å². The summed E-state index contributed by atoms with van der Waals surface area (Å²) in [5.41, 5.74) is 2.63. The summed E-state index contributed by atoms with van der Waals surface area (Å²) < 4.78 is 15.6. The van der Waals surface area contributed by atoms with Gasteiger partial charge in [-0.25, -0.2) is 14.6 Å². The number of benzene rings is 1. The molecule has 0 aliphatic carbocycles. The fourth-order valence-electron chi connectivity index (χ4n) is 4.40. The molecule has 174 valence electrons. The maximum absolute atomic E-state index is 12.6. The second-order valence-electron chi connectivity index (χ2n) is 8.10. The number of furan rings is 1. The van der Waals surface area contributed by atoms with Crippen LogP contribution in [0, 0.1) is 0 Å². The van der Waals surface area contributed by atoms with Gasteiger partial charge in [-0.3, -0.25) is 0 Å². The zero-order valence-corrected chi connectivity index (χ0v) is 19.2. The summed E-state index contributed by atoms with van der Waals surface area (Å²) in [7, 11) is 2.74. The number of ether oxygens (including phenoxy) is 2. The van der Waals surface area contributed by atoms with Crippen molar-refractivity contribution in [2.24, 2.45) is 4.99 Å². The van der Waals surface area contributed by atoms with Gasteiger partial charge in [0.1, 0.15) is 5.76 Å².